The molecule has 40 heavy (non-hydrogen) atoms. The van der Waals surface area contributed by atoms with Gasteiger partial charge in [0.25, 0.3) is 0 Å². The Labute approximate surface area is 243 Å². The molecule has 3 saturated heterocycles. The Bertz CT molecular complexity index is 1080. The number of carbonyl (C=O) groups excluding carboxylic acids is 3. The minimum absolute atomic E-state index is 0.0113. The highest BCUT2D eigenvalue weighted by molar-refractivity contribution is 8.02. The van der Waals surface area contributed by atoms with Crippen molar-refractivity contribution in [3.05, 3.63) is 61.2 Å². The zero-order chi connectivity index (χ0) is 28.9. The Balaban J connectivity index is 1.70. The van der Waals surface area contributed by atoms with Gasteiger partial charge in [-0.05, 0) is 30.7 Å². The van der Waals surface area contributed by atoms with Gasteiger partial charge >= 0.3 is 0 Å². The topological polar surface area (TPSA) is 81.2 Å². The van der Waals surface area contributed by atoms with E-state index in [1.54, 1.807) is 28.8 Å². The minimum atomic E-state index is -0.661. The molecular weight excluding hydrogens is 522 g/mol. The summed E-state index contributed by atoms with van der Waals surface area (Å²) in [5.74, 6) is -1.14. The van der Waals surface area contributed by atoms with Crippen molar-refractivity contribution in [3.63, 3.8) is 0 Å². The molecule has 2 bridgehead atoms. The maximum absolute atomic E-state index is 14.4. The molecule has 8 heteroatoms. The van der Waals surface area contributed by atoms with Gasteiger partial charge < -0.3 is 19.8 Å². The molecule has 6 atom stereocenters. The van der Waals surface area contributed by atoms with Crippen LogP contribution in [0.5, 0.6) is 0 Å². The monoisotopic (exact) mass is 567 g/mol. The molecule has 3 fully saturated rings. The zero-order valence-electron chi connectivity index (χ0n) is 24.0. The Hall–Kier alpha value is -2.58. The van der Waals surface area contributed by atoms with E-state index in [-0.39, 0.29) is 35.5 Å². The molecule has 1 N–H and O–H groups in total. The standard InChI is InChI=1S/C32H45N3O4S/c1-5-8-12-18-33(16-6-2)31(39)28-32-23(4)21-25(40-32)26(27(32)30(38)35(28)19-13-20-36)29(37)34(17-7-3)22-24-14-10-9-11-15-24/h6-7,9-11,14-15,23,25-28,36H,2-3,5,8,12-13,16-22H2,1,4H3/t23?,25-,26+,27+,28?,32?/m1/s1. The molecule has 4 rings (SSSR count). The lowest BCUT2D eigenvalue weighted by Gasteiger charge is -2.41. The number of amides is 3. The molecule has 218 valence electrons. The number of fused-ring (bicyclic) bond motifs is 1. The maximum Gasteiger partial charge on any atom is 0.247 e. The van der Waals surface area contributed by atoms with Crippen molar-refractivity contribution < 1.29 is 19.5 Å². The smallest absolute Gasteiger partial charge is 0.247 e. The second-order valence-corrected chi connectivity index (χ2v) is 13.0. The van der Waals surface area contributed by atoms with Crippen LogP contribution in [-0.4, -0.2) is 86.4 Å². The number of hydrogen-bond donors (Lipinski definition) is 1. The molecule has 0 aromatic heterocycles. The summed E-state index contributed by atoms with van der Waals surface area (Å²) in [6, 6.07) is 9.22. The summed E-state index contributed by atoms with van der Waals surface area (Å²) in [7, 11) is 0. The van der Waals surface area contributed by atoms with E-state index in [0.717, 1.165) is 31.2 Å². The van der Waals surface area contributed by atoms with Crippen molar-refractivity contribution in [1.29, 1.82) is 0 Å². The molecule has 1 aromatic rings. The first kappa shape index (κ1) is 30.4. The van der Waals surface area contributed by atoms with Crippen molar-refractivity contribution in [2.24, 2.45) is 17.8 Å². The van der Waals surface area contributed by atoms with E-state index < -0.39 is 22.6 Å². The van der Waals surface area contributed by atoms with Crippen LogP contribution in [0.1, 0.15) is 51.5 Å². The number of rotatable bonds is 15. The van der Waals surface area contributed by atoms with Crippen LogP contribution in [0, 0.1) is 17.8 Å². The van der Waals surface area contributed by atoms with E-state index in [4.69, 9.17) is 0 Å². The van der Waals surface area contributed by atoms with E-state index >= 15 is 0 Å². The fourth-order valence-electron chi connectivity index (χ4n) is 7.14. The first-order valence-corrected chi connectivity index (χ1v) is 15.7. The fraction of sp³-hybridized carbons (Fsp3) is 0.594. The van der Waals surface area contributed by atoms with Gasteiger partial charge in [0.05, 0.1) is 16.6 Å². The first-order valence-electron chi connectivity index (χ1n) is 14.8. The van der Waals surface area contributed by atoms with Crippen molar-refractivity contribution in [2.45, 2.75) is 68.5 Å². The largest absolute Gasteiger partial charge is 0.396 e. The zero-order valence-corrected chi connectivity index (χ0v) is 24.9. The number of likely N-dealkylation sites (tertiary alicyclic amines) is 1. The summed E-state index contributed by atoms with van der Waals surface area (Å²) in [5.41, 5.74) is 1.03. The van der Waals surface area contributed by atoms with Crippen molar-refractivity contribution in [3.8, 4) is 0 Å². The third-order valence-corrected chi connectivity index (χ3v) is 11.0. The van der Waals surface area contributed by atoms with Crippen molar-refractivity contribution in [1.82, 2.24) is 14.7 Å². The van der Waals surface area contributed by atoms with Crippen LogP contribution in [0.3, 0.4) is 0 Å². The lowest BCUT2D eigenvalue weighted by Crippen LogP contribution is -2.57. The quantitative estimate of drug-likeness (QED) is 0.255. The van der Waals surface area contributed by atoms with Gasteiger partial charge in [-0.2, -0.15) is 0 Å². The van der Waals surface area contributed by atoms with Gasteiger partial charge in [0.2, 0.25) is 17.7 Å². The predicted molar refractivity (Wildman–Crippen MR) is 160 cm³/mol. The van der Waals surface area contributed by atoms with Crippen LogP contribution in [-0.2, 0) is 20.9 Å². The average Bonchev–Trinajstić information content (AvgIpc) is 3.54. The molecule has 0 saturated carbocycles. The van der Waals surface area contributed by atoms with Gasteiger partial charge in [0, 0.05) is 44.6 Å². The molecule has 0 aliphatic carbocycles. The fourth-order valence-corrected chi connectivity index (χ4v) is 9.55. The Morgan fingerprint density at radius 2 is 1.80 bits per heavy atom. The minimum Gasteiger partial charge on any atom is -0.396 e. The van der Waals surface area contributed by atoms with Crippen LogP contribution < -0.4 is 0 Å². The van der Waals surface area contributed by atoms with Crippen LogP contribution >= 0.6 is 11.8 Å². The molecule has 0 radical (unpaired) electrons. The molecule has 3 aliphatic rings. The summed E-state index contributed by atoms with van der Waals surface area (Å²) in [6.07, 6.45) is 7.65. The lowest BCUT2D eigenvalue weighted by atomic mass is 9.65. The summed E-state index contributed by atoms with van der Waals surface area (Å²) in [4.78, 5) is 48.3. The predicted octanol–water partition coefficient (Wildman–Crippen LogP) is 4.13. The van der Waals surface area contributed by atoms with E-state index in [9.17, 15) is 19.5 Å². The Kier molecular flexibility index (Phi) is 10.2. The van der Waals surface area contributed by atoms with Crippen LogP contribution in [0.4, 0.5) is 0 Å². The van der Waals surface area contributed by atoms with E-state index in [2.05, 4.69) is 27.0 Å². The molecule has 1 aromatic carbocycles. The highest BCUT2D eigenvalue weighted by Crippen LogP contribution is 2.68. The Morgan fingerprint density at radius 3 is 2.45 bits per heavy atom. The van der Waals surface area contributed by atoms with Crippen LogP contribution in [0.25, 0.3) is 0 Å². The van der Waals surface area contributed by atoms with Gasteiger partial charge in [0.1, 0.15) is 6.04 Å². The van der Waals surface area contributed by atoms with Crippen LogP contribution in [0.2, 0.25) is 0 Å². The normalized spacial score (nSPS) is 28.4. The van der Waals surface area contributed by atoms with E-state index in [1.165, 1.54) is 0 Å². The molecule has 3 unspecified atom stereocenters. The second-order valence-electron chi connectivity index (χ2n) is 11.4. The number of unbranched alkanes of at least 4 members (excludes halogenated alkanes) is 2. The van der Waals surface area contributed by atoms with E-state index in [0.29, 0.717) is 39.1 Å². The Morgan fingerprint density at radius 1 is 1.10 bits per heavy atom. The van der Waals surface area contributed by atoms with Crippen LogP contribution in [0.15, 0.2) is 55.6 Å². The van der Waals surface area contributed by atoms with E-state index in [1.807, 2.05) is 40.1 Å². The highest BCUT2D eigenvalue weighted by Gasteiger charge is 2.76. The number of aliphatic hydroxyl groups excluding tert-OH is 1. The summed E-state index contributed by atoms with van der Waals surface area (Å²) < 4.78 is -0.661. The average molecular weight is 568 g/mol. The number of aliphatic hydroxyl groups is 1. The van der Waals surface area contributed by atoms with Gasteiger partial charge in [-0.15, -0.1) is 24.9 Å². The molecule has 3 heterocycles. The van der Waals surface area contributed by atoms with Gasteiger partial charge in [-0.25, -0.2) is 0 Å². The second kappa shape index (κ2) is 13.4. The first-order chi connectivity index (χ1) is 19.3. The summed E-state index contributed by atoms with van der Waals surface area (Å²) in [5, 5.41) is 9.64. The number of hydrogen-bond acceptors (Lipinski definition) is 5. The third kappa shape index (κ3) is 5.49. The van der Waals surface area contributed by atoms with Gasteiger partial charge in [0.15, 0.2) is 0 Å². The highest BCUT2D eigenvalue weighted by atomic mass is 32.2. The van der Waals surface area contributed by atoms with Crippen molar-refractivity contribution in [2.75, 3.05) is 32.8 Å². The lowest BCUT2D eigenvalue weighted by molar-refractivity contribution is -0.145. The molecule has 3 aliphatic heterocycles. The number of benzene rings is 1. The third-order valence-electron chi connectivity index (χ3n) is 8.89. The summed E-state index contributed by atoms with van der Waals surface area (Å²) >= 11 is 1.71. The van der Waals surface area contributed by atoms with Gasteiger partial charge in [-0.1, -0.05) is 69.2 Å². The SMILES string of the molecule is C=CCN(CCCCC)C(=O)C1N(CCCO)C(=O)[C@@H]2[C@@H](C(=O)N(CC=C)Cc3ccccc3)[C@H]3CC(C)C12S3. The molecular formula is C32H45N3O4S. The molecule has 3 amide bonds. The number of nitrogens with zero attached hydrogens (tertiary/aromatic N) is 3. The molecule has 7 nitrogen and oxygen atoms in total. The maximum atomic E-state index is 14.4. The number of carbonyl (C=O) groups is 3. The number of thioether (sulfide) groups is 1. The van der Waals surface area contributed by atoms with Gasteiger partial charge in [-0.3, -0.25) is 14.4 Å². The van der Waals surface area contributed by atoms with Crippen molar-refractivity contribution >= 4 is 29.5 Å². The summed E-state index contributed by atoms with van der Waals surface area (Å²) in [6.45, 7) is 14.2. The molecule has 1 spiro atoms.